The summed E-state index contributed by atoms with van der Waals surface area (Å²) in [5.41, 5.74) is 4.71. The van der Waals surface area contributed by atoms with E-state index < -0.39 is 0 Å². The van der Waals surface area contributed by atoms with Crippen LogP contribution < -0.4 is 10.1 Å². The van der Waals surface area contributed by atoms with Crippen molar-refractivity contribution >= 4 is 5.91 Å². The molecule has 0 saturated heterocycles. The molecular weight excluding hydrogens is 322 g/mol. The van der Waals surface area contributed by atoms with Gasteiger partial charge in [0.25, 0.3) is 5.91 Å². The van der Waals surface area contributed by atoms with E-state index in [1.165, 1.54) is 36.0 Å². The van der Waals surface area contributed by atoms with Crippen LogP contribution in [0.5, 0.6) is 5.75 Å². The molecule has 0 fully saturated rings. The maximum absolute atomic E-state index is 12.9. The van der Waals surface area contributed by atoms with Gasteiger partial charge >= 0.3 is 0 Å². The van der Waals surface area contributed by atoms with Crippen LogP contribution in [0.3, 0.4) is 0 Å². The number of hydrogen-bond acceptors (Lipinski definition) is 2. The van der Waals surface area contributed by atoms with E-state index in [1.54, 1.807) is 0 Å². The molecule has 3 heteroatoms. The second-order valence-electron chi connectivity index (χ2n) is 7.33. The Labute approximate surface area is 156 Å². The average molecular weight is 351 g/mol. The zero-order chi connectivity index (χ0) is 18.5. The topological polar surface area (TPSA) is 38.3 Å². The maximum atomic E-state index is 12.9. The number of ether oxygens (including phenoxy) is 1. The standard InChI is InChI=1S/C23H29NO2/c1-4-21(19-14-13-17-9-5-6-10-18(17)15-19)24-23(25)20-11-7-8-12-22(20)26-16(2)3/h7-8,11-16,21H,4-6,9-10H2,1-3H3,(H,24,25)/t21-/m1/s1. The lowest BCUT2D eigenvalue weighted by atomic mass is 9.88. The molecule has 1 aliphatic carbocycles. The number of fused-ring (bicyclic) bond motifs is 1. The van der Waals surface area contributed by atoms with Crippen molar-refractivity contribution in [3.05, 3.63) is 64.7 Å². The van der Waals surface area contributed by atoms with Gasteiger partial charge in [-0.3, -0.25) is 4.79 Å². The molecule has 0 aliphatic heterocycles. The highest BCUT2D eigenvalue weighted by Gasteiger charge is 2.19. The Morgan fingerprint density at radius 2 is 1.81 bits per heavy atom. The van der Waals surface area contributed by atoms with Gasteiger partial charge in [0.1, 0.15) is 5.75 Å². The van der Waals surface area contributed by atoms with E-state index in [1.807, 2.05) is 38.1 Å². The van der Waals surface area contributed by atoms with E-state index in [0.717, 1.165) is 12.8 Å². The first-order valence-electron chi connectivity index (χ1n) is 9.76. The molecule has 0 radical (unpaired) electrons. The predicted molar refractivity (Wildman–Crippen MR) is 106 cm³/mol. The summed E-state index contributed by atoms with van der Waals surface area (Å²) in [5, 5.41) is 3.20. The Kier molecular flexibility index (Phi) is 5.97. The van der Waals surface area contributed by atoms with Crippen LogP contribution in [0.15, 0.2) is 42.5 Å². The number of carbonyl (C=O) groups is 1. The van der Waals surface area contributed by atoms with E-state index in [2.05, 4.69) is 30.4 Å². The van der Waals surface area contributed by atoms with Crippen molar-refractivity contribution in [2.45, 2.75) is 65.0 Å². The summed E-state index contributed by atoms with van der Waals surface area (Å²) >= 11 is 0. The van der Waals surface area contributed by atoms with Crippen LogP contribution in [-0.2, 0) is 12.8 Å². The maximum Gasteiger partial charge on any atom is 0.255 e. The van der Waals surface area contributed by atoms with Crippen molar-refractivity contribution in [2.75, 3.05) is 0 Å². The molecule has 3 rings (SSSR count). The minimum absolute atomic E-state index is 0.0156. The van der Waals surface area contributed by atoms with Crippen LogP contribution in [0.25, 0.3) is 0 Å². The van der Waals surface area contributed by atoms with Gasteiger partial charge in [-0.25, -0.2) is 0 Å². The second kappa shape index (κ2) is 8.39. The molecule has 0 bridgehead atoms. The number of rotatable bonds is 6. The Bertz CT molecular complexity index is 767. The molecule has 0 heterocycles. The van der Waals surface area contributed by atoms with Gasteiger partial charge in [-0.1, -0.05) is 37.3 Å². The van der Waals surface area contributed by atoms with Crippen LogP contribution in [-0.4, -0.2) is 12.0 Å². The minimum Gasteiger partial charge on any atom is -0.490 e. The molecule has 0 aromatic heterocycles. The molecule has 0 spiro atoms. The van der Waals surface area contributed by atoms with Crippen LogP contribution in [0.2, 0.25) is 0 Å². The summed E-state index contributed by atoms with van der Waals surface area (Å²) in [6, 6.07) is 14.2. The lowest BCUT2D eigenvalue weighted by Crippen LogP contribution is -2.29. The van der Waals surface area contributed by atoms with Gasteiger partial charge in [0.2, 0.25) is 0 Å². The quantitative estimate of drug-likeness (QED) is 0.773. The van der Waals surface area contributed by atoms with Gasteiger partial charge in [-0.15, -0.1) is 0 Å². The summed E-state index contributed by atoms with van der Waals surface area (Å²) < 4.78 is 5.80. The molecule has 1 amide bonds. The zero-order valence-corrected chi connectivity index (χ0v) is 16.0. The second-order valence-corrected chi connectivity index (χ2v) is 7.33. The highest BCUT2D eigenvalue weighted by atomic mass is 16.5. The third-order valence-electron chi connectivity index (χ3n) is 4.98. The zero-order valence-electron chi connectivity index (χ0n) is 16.0. The highest BCUT2D eigenvalue weighted by Crippen LogP contribution is 2.27. The van der Waals surface area contributed by atoms with E-state index >= 15 is 0 Å². The monoisotopic (exact) mass is 351 g/mol. The molecule has 0 saturated carbocycles. The summed E-state index contributed by atoms with van der Waals surface area (Å²) in [4.78, 5) is 12.9. The summed E-state index contributed by atoms with van der Waals surface area (Å²) in [5.74, 6) is 0.561. The third-order valence-corrected chi connectivity index (χ3v) is 4.98. The molecular formula is C23H29NO2. The molecule has 0 unspecified atom stereocenters. The third kappa shape index (κ3) is 4.27. The Morgan fingerprint density at radius 1 is 1.08 bits per heavy atom. The fourth-order valence-electron chi connectivity index (χ4n) is 3.64. The first kappa shape index (κ1) is 18.5. The van der Waals surface area contributed by atoms with Crippen LogP contribution >= 0.6 is 0 Å². The van der Waals surface area contributed by atoms with Gasteiger partial charge < -0.3 is 10.1 Å². The van der Waals surface area contributed by atoms with E-state index in [9.17, 15) is 4.79 Å². The van der Waals surface area contributed by atoms with Crippen molar-refractivity contribution in [1.29, 1.82) is 0 Å². The summed E-state index contributed by atoms with van der Waals surface area (Å²) in [6.45, 7) is 6.05. The van der Waals surface area contributed by atoms with E-state index in [0.29, 0.717) is 11.3 Å². The summed E-state index contributed by atoms with van der Waals surface area (Å²) in [6.07, 6.45) is 5.77. The van der Waals surface area contributed by atoms with Gasteiger partial charge in [-0.05, 0) is 74.8 Å². The van der Waals surface area contributed by atoms with Crippen molar-refractivity contribution in [3.63, 3.8) is 0 Å². The number of benzene rings is 2. The van der Waals surface area contributed by atoms with Gasteiger partial charge in [0, 0.05) is 0 Å². The highest BCUT2D eigenvalue weighted by molar-refractivity contribution is 5.97. The summed E-state index contributed by atoms with van der Waals surface area (Å²) in [7, 11) is 0. The van der Waals surface area contributed by atoms with Crippen LogP contribution in [0, 0.1) is 0 Å². The normalized spacial score (nSPS) is 14.6. The number of aryl methyl sites for hydroxylation is 2. The molecule has 1 N–H and O–H groups in total. The van der Waals surface area contributed by atoms with Crippen molar-refractivity contribution < 1.29 is 9.53 Å². The van der Waals surface area contributed by atoms with Crippen molar-refractivity contribution in [1.82, 2.24) is 5.32 Å². The van der Waals surface area contributed by atoms with Crippen LogP contribution in [0.1, 0.15) is 73.1 Å². The fraction of sp³-hybridized carbons (Fsp3) is 0.435. The van der Waals surface area contributed by atoms with Gasteiger partial charge in [0.05, 0.1) is 17.7 Å². The average Bonchev–Trinajstić information content (AvgIpc) is 2.65. The number of nitrogens with one attached hydrogen (secondary N) is 1. The van der Waals surface area contributed by atoms with Gasteiger partial charge in [0.15, 0.2) is 0 Å². The van der Waals surface area contributed by atoms with E-state index in [-0.39, 0.29) is 18.1 Å². The molecule has 1 atom stereocenters. The number of carbonyl (C=O) groups excluding carboxylic acids is 1. The Hall–Kier alpha value is -2.29. The fourth-order valence-corrected chi connectivity index (χ4v) is 3.64. The number of amides is 1. The van der Waals surface area contributed by atoms with Crippen molar-refractivity contribution in [2.24, 2.45) is 0 Å². The Balaban J connectivity index is 1.79. The van der Waals surface area contributed by atoms with Gasteiger partial charge in [-0.2, -0.15) is 0 Å². The first-order chi connectivity index (χ1) is 12.6. The molecule has 2 aromatic carbocycles. The number of para-hydroxylation sites is 1. The molecule has 3 nitrogen and oxygen atoms in total. The van der Waals surface area contributed by atoms with Crippen LogP contribution in [0.4, 0.5) is 0 Å². The molecule has 1 aliphatic rings. The first-order valence-corrected chi connectivity index (χ1v) is 9.76. The largest absolute Gasteiger partial charge is 0.490 e. The lowest BCUT2D eigenvalue weighted by Gasteiger charge is -2.22. The smallest absolute Gasteiger partial charge is 0.255 e. The predicted octanol–water partition coefficient (Wildman–Crippen LogP) is 5.23. The molecule has 2 aromatic rings. The number of hydrogen-bond donors (Lipinski definition) is 1. The van der Waals surface area contributed by atoms with E-state index in [4.69, 9.17) is 4.74 Å². The van der Waals surface area contributed by atoms with Crippen molar-refractivity contribution in [3.8, 4) is 5.75 Å². The minimum atomic E-state index is -0.0779. The lowest BCUT2D eigenvalue weighted by molar-refractivity contribution is 0.0929. The Morgan fingerprint density at radius 3 is 2.54 bits per heavy atom. The SMILES string of the molecule is CC[C@@H](NC(=O)c1ccccc1OC(C)C)c1ccc2c(c1)CCCC2. The molecule has 26 heavy (non-hydrogen) atoms. The molecule has 138 valence electrons.